The number of pyridine rings is 1. The summed E-state index contributed by atoms with van der Waals surface area (Å²) in [5.41, 5.74) is 2.53. The molecule has 78 valence electrons. The number of hydrogen-bond acceptors (Lipinski definition) is 3. The molecular formula is C11H19N3. The van der Waals surface area contributed by atoms with E-state index in [0.29, 0.717) is 0 Å². The van der Waals surface area contributed by atoms with Crippen molar-refractivity contribution in [3.05, 3.63) is 24.0 Å². The average Bonchev–Trinajstić information content (AvgIpc) is 2.25. The van der Waals surface area contributed by atoms with Crippen molar-refractivity contribution in [1.82, 2.24) is 10.3 Å². The van der Waals surface area contributed by atoms with Gasteiger partial charge in [0.15, 0.2) is 0 Å². The lowest BCUT2D eigenvalue weighted by atomic mass is 10.2. The van der Waals surface area contributed by atoms with E-state index in [1.807, 2.05) is 12.4 Å². The summed E-state index contributed by atoms with van der Waals surface area (Å²) in [5, 5.41) is 3.32. The van der Waals surface area contributed by atoms with Crippen molar-refractivity contribution in [1.29, 1.82) is 0 Å². The van der Waals surface area contributed by atoms with Crippen LogP contribution < -0.4 is 10.2 Å². The number of anilines is 1. The van der Waals surface area contributed by atoms with Gasteiger partial charge in [0, 0.05) is 43.8 Å². The average molecular weight is 193 g/mol. The summed E-state index contributed by atoms with van der Waals surface area (Å²) < 4.78 is 0. The van der Waals surface area contributed by atoms with E-state index in [0.717, 1.165) is 19.6 Å². The molecule has 0 amide bonds. The molecule has 1 rings (SSSR count). The Morgan fingerprint density at radius 3 is 2.86 bits per heavy atom. The SMILES string of the molecule is CCNCc1cnccc1N(C)CC. The number of nitrogens with one attached hydrogen (secondary N) is 1. The summed E-state index contributed by atoms with van der Waals surface area (Å²) >= 11 is 0. The molecule has 0 saturated heterocycles. The van der Waals surface area contributed by atoms with E-state index in [-0.39, 0.29) is 0 Å². The minimum atomic E-state index is 0.893. The first-order valence-electron chi connectivity index (χ1n) is 5.14. The van der Waals surface area contributed by atoms with Crippen LogP contribution in [0.2, 0.25) is 0 Å². The Bertz CT molecular complexity index is 273. The van der Waals surface area contributed by atoms with Crippen LogP contribution in [0, 0.1) is 0 Å². The molecule has 0 atom stereocenters. The van der Waals surface area contributed by atoms with Crippen molar-refractivity contribution in [2.75, 3.05) is 25.0 Å². The predicted molar refractivity (Wildman–Crippen MR) is 60.6 cm³/mol. The Labute approximate surface area is 86.2 Å². The molecule has 3 heteroatoms. The van der Waals surface area contributed by atoms with Crippen LogP contribution >= 0.6 is 0 Å². The molecule has 0 fully saturated rings. The van der Waals surface area contributed by atoms with Crippen LogP contribution in [-0.4, -0.2) is 25.1 Å². The first-order chi connectivity index (χ1) is 6.79. The zero-order chi connectivity index (χ0) is 10.4. The molecule has 0 aliphatic heterocycles. The molecule has 0 aromatic carbocycles. The van der Waals surface area contributed by atoms with E-state index in [1.165, 1.54) is 11.3 Å². The molecule has 1 aromatic rings. The van der Waals surface area contributed by atoms with E-state index < -0.39 is 0 Å². The first kappa shape index (κ1) is 11.0. The van der Waals surface area contributed by atoms with Crippen LogP contribution in [0.3, 0.4) is 0 Å². The molecule has 1 heterocycles. The van der Waals surface area contributed by atoms with Gasteiger partial charge in [-0.05, 0) is 19.5 Å². The van der Waals surface area contributed by atoms with Crippen molar-refractivity contribution in [3.8, 4) is 0 Å². The largest absolute Gasteiger partial charge is 0.375 e. The lowest BCUT2D eigenvalue weighted by Crippen LogP contribution is -2.20. The van der Waals surface area contributed by atoms with Gasteiger partial charge in [-0.15, -0.1) is 0 Å². The number of aromatic nitrogens is 1. The van der Waals surface area contributed by atoms with Crippen molar-refractivity contribution in [2.24, 2.45) is 0 Å². The van der Waals surface area contributed by atoms with Gasteiger partial charge in [-0.2, -0.15) is 0 Å². The molecule has 0 radical (unpaired) electrons. The topological polar surface area (TPSA) is 28.2 Å². The quantitative estimate of drug-likeness (QED) is 0.770. The van der Waals surface area contributed by atoms with Gasteiger partial charge in [-0.1, -0.05) is 6.92 Å². The summed E-state index contributed by atoms with van der Waals surface area (Å²) in [4.78, 5) is 6.38. The molecule has 0 saturated carbocycles. The molecule has 0 aliphatic carbocycles. The van der Waals surface area contributed by atoms with E-state index in [9.17, 15) is 0 Å². The molecule has 0 bridgehead atoms. The smallest absolute Gasteiger partial charge is 0.0440 e. The normalized spacial score (nSPS) is 10.2. The molecule has 3 nitrogen and oxygen atoms in total. The highest BCUT2D eigenvalue weighted by Crippen LogP contribution is 2.17. The molecule has 14 heavy (non-hydrogen) atoms. The molecule has 1 N–H and O–H groups in total. The Morgan fingerprint density at radius 2 is 2.21 bits per heavy atom. The Balaban J connectivity index is 2.79. The molecule has 0 aliphatic rings. The summed E-state index contributed by atoms with van der Waals surface area (Å²) in [5.74, 6) is 0. The predicted octanol–water partition coefficient (Wildman–Crippen LogP) is 1.65. The van der Waals surface area contributed by atoms with Gasteiger partial charge < -0.3 is 10.2 Å². The van der Waals surface area contributed by atoms with Gasteiger partial charge in [0.25, 0.3) is 0 Å². The highest BCUT2D eigenvalue weighted by atomic mass is 15.1. The van der Waals surface area contributed by atoms with Crippen molar-refractivity contribution in [3.63, 3.8) is 0 Å². The van der Waals surface area contributed by atoms with Crippen molar-refractivity contribution in [2.45, 2.75) is 20.4 Å². The first-order valence-corrected chi connectivity index (χ1v) is 5.14. The van der Waals surface area contributed by atoms with Crippen LogP contribution in [0.4, 0.5) is 5.69 Å². The number of rotatable bonds is 5. The van der Waals surface area contributed by atoms with Crippen LogP contribution in [0.5, 0.6) is 0 Å². The van der Waals surface area contributed by atoms with E-state index in [1.54, 1.807) is 0 Å². The summed E-state index contributed by atoms with van der Waals surface area (Å²) in [6, 6.07) is 2.07. The summed E-state index contributed by atoms with van der Waals surface area (Å²) in [7, 11) is 2.10. The second kappa shape index (κ2) is 5.60. The van der Waals surface area contributed by atoms with Crippen LogP contribution in [0.25, 0.3) is 0 Å². The molecule has 1 aromatic heterocycles. The van der Waals surface area contributed by atoms with Gasteiger partial charge in [0.2, 0.25) is 0 Å². The second-order valence-electron chi connectivity index (χ2n) is 3.30. The Hall–Kier alpha value is -1.09. The minimum absolute atomic E-state index is 0.893. The van der Waals surface area contributed by atoms with E-state index >= 15 is 0 Å². The third-order valence-electron chi connectivity index (χ3n) is 2.33. The van der Waals surface area contributed by atoms with Gasteiger partial charge in [-0.3, -0.25) is 4.98 Å². The van der Waals surface area contributed by atoms with Crippen LogP contribution in [-0.2, 0) is 6.54 Å². The van der Waals surface area contributed by atoms with Gasteiger partial charge in [0.05, 0.1) is 0 Å². The molecular weight excluding hydrogens is 174 g/mol. The summed E-state index contributed by atoms with van der Waals surface area (Å²) in [6.45, 7) is 7.16. The fourth-order valence-electron chi connectivity index (χ4n) is 1.36. The fraction of sp³-hybridized carbons (Fsp3) is 0.545. The van der Waals surface area contributed by atoms with Crippen molar-refractivity contribution < 1.29 is 0 Å². The third-order valence-corrected chi connectivity index (χ3v) is 2.33. The Kier molecular flexibility index (Phi) is 4.40. The van der Waals surface area contributed by atoms with E-state index in [4.69, 9.17) is 0 Å². The van der Waals surface area contributed by atoms with Crippen LogP contribution in [0.15, 0.2) is 18.5 Å². The highest BCUT2D eigenvalue weighted by Gasteiger charge is 2.04. The molecule has 0 spiro atoms. The van der Waals surface area contributed by atoms with Crippen LogP contribution in [0.1, 0.15) is 19.4 Å². The maximum atomic E-state index is 4.15. The number of hydrogen-bond donors (Lipinski definition) is 1. The number of nitrogens with zero attached hydrogens (tertiary/aromatic N) is 2. The maximum absolute atomic E-state index is 4.15. The third kappa shape index (κ3) is 2.70. The lowest BCUT2D eigenvalue weighted by Gasteiger charge is -2.20. The van der Waals surface area contributed by atoms with Gasteiger partial charge in [0.1, 0.15) is 0 Å². The monoisotopic (exact) mass is 193 g/mol. The zero-order valence-corrected chi connectivity index (χ0v) is 9.25. The zero-order valence-electron chi connectivity index (χ0n) is 9.25. The van der Waals surface area contributed by atoms with E-state index in [2.05, 4.69) is 42.2 Å². The highest BCUT2D eigenvalue weighted by molar-refractivity contribution is 5.51. The molecule has 0 unspecified atom stereocenters. The maximum Gasteiger partial charge on any atom is 0.0440 e. The fourth-order valence-corrected chi connectivity index (χ4v) is 1.36. The van der Waals surface area contributed by atoms with Gasteiger partial charge in [-0.25, -0.2) is 0 Å². The van der Waals surface area contributed by atoms with Gasteiger partial charge >= 0.3 is 0 Å². The summed E-state index contributed by atoms with van der Waals surface area (Å²) in [6.07, 6.45) is 3.78. The standard InChI is InChI=1S/C11H19N3/c1-4-12-8-10-9-13-7-6-11(10)14(3)5-2/h6-7,9,12H,4-5,8H2,1-3H3. The lowest BCUT2D eigenvalue weighted by molar-refractivity contribution is 0.721. The Morgan fingerprint density at radius 1 is 1.43 bits per heavy atom. The minimum Gasteiger partial charge on any atom is -0.375 e. The second-order valence-corrected chi connectivity index (χ2v) is 3.30. The van der Waals surface area contributed by atoms with Crippen molar-refractivity contribution >= 4 is 5.69 Å².